The number of carbonyl (C=O) groups is 2. The van der Waals surface area contributed by atoms with Crippen LogP contribution in [-0.2, 0) is 9.59 Å². The van der Waals surface area contributed by atoms with E-state index < -0.39 is 40.5 Å². The summed E-state index contributed by atoms with van der Waals surface area (Å²) in [7, 11) is 0. The molecule has 0 bridgehead atoms. The van der Waals surface area contributed by atoms with Crippen LogP contribution in [0.15, 0.2) is 54.1 Å². The predicted octanol–water partition coefficient (Wildman–Crippen LogP) is 4.36. The van der Waals surface area contributed by atoms with Gasteiger partial charge in [0, 0.05) is 16.7 Å². The molecular weight excluding hydrogens is 392 g/mol. The number of fused-ring (bicyclic) bond motifs is 1. The molecule has 0 saturated carbocycles. The molecule has 4 rings (SSSR count). The summed E-state index contributed by atoms with van der Waals surface area (Å²) in [5, 5.41) is 10.6. The van der Waals surface area contributed by atoms with Gasteiger partial charge in [0.2, 0.25) is 0 Å². The lowest BCUT2D eigenvalue weighted by molar-refractivity contribution is -0.123. The molecule has 30 heavy (non-hydrogen) atoms. The van der Waals surface area contributed by atoms with E-state index in [0.717, 1.165) is 11.0 Å². The molecule has 1 atom stereocenters. The maximum Gasteiger partial charge on any atom is 0.294 e. The fourth-order valence-electron chi connectivity index (χ4n) is 3.61. The molecule has 6 nitrogen and oxygen atoms in total. The Morgan fingerprint density at radius 3 is 2.63 bits per heavy atom. The SMILES string of the molecule is CC(C)(C)C(=O)C1=C(O)C(=O)N(c2ccc3nc[nH]c3c2)[C@H]1c1cccc(F)c1F. The molecule has 1 aliphatic rings. The number of aromatic nitrogens is 2. The number of aliphatic hydroxyl groups excluding tert-OH is 1. The maximum atomic E-state index is 14.8. The van der Waals surface area contributed by atoms with Crippen LogP contribution in [0, 0.1) is 17.0 Å². The van der Waals surface area contributed by atoms with E-state index >= 15 is 0 Å². The topological polar surface area (TPSA) is 86.3 Å². The third-order valence-electron chi connectivity index (χ3n) is 5.09. The number of nitrogens with one attached hydrogen (secondary N) is 1. The number of benzene rings is 2. The van der Waals surface area contributed by atoms with Crippen LogP contribution < -0.4 is 4.90 Å². The van der Waals surface area contributed by atoms with Crippen LogP contribution in [0.5, 0.6) is 0 Å². The normalized spacial score (nSPS) is 17.3. The number of hydrogen-bond donors (Lipinski definition) is 2. The highest BCUT2D eigenvalue weighted by Crippen LogP contribution is 2.44. The number of Topliss-reactive ketones (excluding diaryl/α,β-unsaturated/α-hetero) is 1. The molecular formula is C22H19F2N3O3. The van der Waals surface area contributed by atoms with Crippen LogP contribution in [0.1, 0.15) is 32.4 Å². The molecule has 2 N–H and O–H groups in total. The summed E-state index contributed by atoms with van der Waals surface area (Å²) < 4.78 is 28.8. The van der Waals surface area contributed by atoms with Crippen molar-refractivity contribution in [2.75, 3.05) is 4.90 Å². The molecule has 2 aromatic carbocycles. The lowest BCUT2D eigenvalue weighted by atomic mass is 9.82. The fourth-order valence-corrected chi connectivity index (χ4v) is 3.61. The van der Waals surface area contributed by atoms with Crippen LogP contribution in [0.25, 0.3) is 11.0 Å². The van der Waals surface area contributed by atoms with Gasteiger partial charge in [-0.2, -0.15) is 0 Å². The molecule has 1 aromatic heterocycles. The maximum absolute atomic E-state index is 14.8. The average molecular weight is 411 g/mol. The molecule has 2 heterocycles. The number of anilines is 1. The van der Waals surface area contributed by atoms with Crippen LogP contribution >= 0.6 is 0 Å². The van der Waals surface area contributed by atoms with Gasteiger partial charge >= 0.3 is 0 Å². The second kappa shape index (κ2) is 6.76. The molecule has 3 aromatic rings. The Balaban J connectivity index is 1.96. The van der Waals surface area contributed by atoms with Crippen molar-refractivity contribution in [3.05, 3.63) is 71.3 Å². The molecule has 1 amide bonds. The summed E-state index contributed by atoms with van der Waals surface area (Å²) in [4.78, 5) is 34.3. The molecule has 0 unspecified atom stereocenters. The molecule has 8 heteroatoms. The zero-order chi connectivity index (χ0) is 21.8. The zero-order valence-corrected chi connectivity index (χ0v) is 16.5. The van der Waals surface area contributed by atoms with Crippen molar-refractivity contribution in [2.45, 2.75) is 26.8 Å². The number of imidazole rings is 1. The number of hydrogen-bond acceptors (Lipinski definition) is 4. The first-order valence-electron chi connectivity index (χ1n) is 9.30. The number of nitrogens with zero attached hydrogens (tertiary/aromatic N) is 2. The first kappa shape index (κ1) is 19.8. The Hall–Kier alpha value is -3.55. The second-order valence-electron chi connectivity index (χ2n) is 8.17. The number of halogens is 2. The number of carbonyl (C=O) groups excluding carboxylic acids is 2. The highest BCUT2D eigenvalue weighted by Gasteiger charge is 2.47. The Kier molecular flexibility index (Phi) is 4.45. The van der Waals surface area contributed by atoms with E-state index in [9.17, 15) is 23.5 Å². The third-order valence-corrected chi connectivity index (χ3v) is 5.09. The smallest absolute Gasteiger partial charge is 0.294 e. The summed E-state index contributed by atoms with van der Waals surface area (Å²) in [5.41, 5.74) is 0.102. The van der Waals surface area contributed by atoms with E-state index in [-0.39, 0.29) is 11.1 Å². The molecule has 154 valence electrons. The minimum absolute atomic E-state index is 0.218. The van der Waals surface area contributed by atoms with Gasteiger partial charge in [0.1, 0.15) is 0 Å². The molecule has 0 saturated heterocycles. The monoisotopic (exact) mass is 411 g/mol. The summed E-state index contributed by atoms with van der Waals surface area (Å²) in [6, 6.07) is 7.04. The first-order chi connectivity index (χ1) is 14.1. The predicted molar refractivity (Wildman–Crippen MR) is 107 cm³/mol. The highest BCUT2D eigenvalue weighted by molar-refractivity contribution is 6.17. The first-order valence-corrected chi connectivity index (χ1v) is 9.30. The highest BCUT2D eigenvalue weighted by atomic mass is 19.2. The van der Waals surface area contributed by atoms with Gasteiger partial charge in [-0.25, -0.2) is 13.8 Å². The Labute approximate surface area is 170 Å². The van der Waals surface area contributed by atoms with Crippen molar-refractivity contribution in [1.82, 2.24) is 9.97 Å². The molecule has 0 aliphatic carbocycles. The third kappa shape index (κ3) is 2.96. The van der Waals surface area contributed by atoms with Crippen LogP contribution in [0.3, 0.4) is 0 Å². The van der Waals surface area contributed by atoms with Crippen molar-refractivity contribution >= 4 is 28.4 Å². The Morgan fingerprint density at radius 1 is 1.20 bits per heavy atom. The summed E-state index contributed by atoms with van der Waals surface area (Å²) in [5.74, 6) is -4.47. The number of H-pyrrole nitrogens is 1. The molecule has 0 spiro atoms. The van der Waals surface area contributed by atoms with E-state index in [4.69, 9.17) is 0 Å². The van der Waals surface area contributed by atoms with E-state index in [2.05, 4.69) is 9.97 Å². The van der Waals surface area contributed by atoms with E-state index in [1.54, 1.807) is 39.0 Å². The van der Waals surface area contributed by atoms with Gasteiger partial charge in [0.05, 0.1) is 29.0 Å². The van der Waals surface area contributed by atoms with Gasteiger partial charge in [0.15, 0.2) is 23.2 Å². The fraction of sp³-hybridized carbons (Fsp3) is 0.227. The minimum Gasteiger partial charge on any atom is -0.503 e. The number of ketones is 1. The van der Waals surface area contributed by atoms with Crippen LogP contribution in [-0.4, -0.2) is 26.8 Å². The van der Waals surface area contributed by atoms with Gasteiger partial charge in [-0.05, 0) is 24.3 Å². The standard InChI is InChI=1S/C22H19F2N3O3/c1-22(2,3)20(29)16-18(12-5-4-6-13(23)17(12)24)27(21(30)19(16)28)11-7-8-14-15(9-11)26-10-25-14/h4-10,18,28H,1-3H3,(H,25,26)/t18-/m0/s1. The molecule has 0 fully saturated rings. The van der Waals surface area contributed by atoms with Gasteiger partial charge < -0.3 is 10.1 Å². The Morgan fingerprint density at radius 2 is 1.93 bits per heavy atom. The largest absolute Gasteiger partial charge is 0.503 e. The van der Waals surface area contributed by atoms with E-state index in [1.165, 1.54) is 18.5 Å². The van der Waals surface area contributed by atoms with Gasteiger partial charge in [0.25, 0.3) is 5.91 Å². The summed E-state index contributed by atoms with van der Waals surface area (Å²) in [6.07, 6.45) is 1.48. The van der Waals surface area contributed by atoms with E-state index in [1.807, 2.05) is 0 Å². The van der Waals surface area contributed by atoms with Crippen LogP contribution in [0.2, 0.25) is 0 Å². The van der Waals surface area contributed by atoms with Gasteiger partial charge in [-0.3, -0.25) is 14.5 Å². The second-order valence-corrected chi connectivity index (χ2v) is 8.17. The quantitative estimate of drug-likeness (QED) is 0.671. The summed E-state index contributed by atoms with van der Waals surface area (Å²) in [6.45, 7) is 4.87. The van der Waals surface area contributed by atoms with Crippen LogP contribution in [0.4, 0.5) is 14.5 Å². The summed E-state index contributed by atoms with van der Waals surface area (Å²) >= 11 is 0. The number of aliphatic hydroxyl groups is 1. The van der Waals surface area contributed by atoms with Crippen molar-refractivity contribution < 1.29 is 23.5 Å². The molecule has 1 aliphatic heterocycles. The number of aromatic amines is 1. The lowest BCUT2D eigenvalue weighted by Gasteiger charge is -2.29. The number of amides is 1. The molecule has 0 radical (unpaired) electrons. The van der Waals surface area contributed by atoms with E-state index in [0.29, 0.717) is 16.7 Å². The zero-order valence-electron chi connectivity index (χ0n) is 16.5. The van der Waals surface area contributed by atoms with Crippen molar-refractivity contribution in [2.24, 2.45) is 5.41 Å². The number of rotatable bonds is 3. The minimum atomic E-state index is -1.32. The van der Waals surface area contributed by atoms with Gasteiger partial charge in [-0.1, -0.05) is 32.9 Å². The van der Waals surface area contributed by atoms with Crippen molar-refractivity contribution in [3.63, 3.8) is 0 Å². The van der Waals surface area contributed by atoms with Gasteiger partial charge in [-0.15, -0.1) is 0 Å². The van der Waals surface area contributed by atoms with Crippen molar-refractivity contribution in [3.8, 4) is 0 Å². The lowest BCUT2D eigenvalue weighted by Crippen LogP contribution is -2.33. The average Bonchev–Trinajstić information content (AvgIpc) is 3.25. The Bertz CT molecular complexity index is 1220. The van der Waals surface area contributed by atoms with Crippen molar-refractivity contribution in [1.29, 1.82) is 0 Å².